The fourth-order valence-corrected chi connectivity index (χ4v) is 1.52. The fraction of sp³-hybridized carbons (Fsp3) is 0.500. The molecule has 0 aliphatic carbocycles. The molecule has 2 N–H and O–H groups in total. The van der Waals surface area contributed by atoms with Gasteiger partial charge in [-0.1, -0.05) is 11.6 Å². The van der Waals surface area contributed by atoms with E-state index in [1.165, 1.54) is 0 Å². The van der Waals surface area contributed by atoms with E-state index in [0.29, 0.717) is 30.0 Å². The fourth-order valence-electron chi connectivity index (χ4n) is 1.41. The van der Waals surface area contributed by atoms with Crippen molar-refractivity contribution in [3.63, 3.8) is 0 Å². The highest BCUT2D eigenvalue weighted by atomic mass is 35.5. The van der Waals surface area contributed by atoms with E-state index in [4.69, 9.17) is 22.1 Å². The van der Waals surface area contributed by atoms with Crippen LogP contribution in [0.15, 0.2) is 23.3 Å². The van der Waals surface area contributed by atoms with Crippen LogP contribution in [0, 0.1) is 0 Å². The molecule has 0 amide bonds. The summed E-state index contributed by atoms with van der Waals surface area (Å²) >= 11 is 5.72. The van der Waals surface area contributed by atoms with Crippen molar-refractivity contribution in [3.05, 3.63) is 23.4 Å². The van der Waals surface area contributed by atoms with Crippen LogP contribution in [0.2, 0.25) is 5.02 Å². The Morgan fingerprint density at radius 2 is 2.17 bits per heavy atom. The third-order valence-corrected chi connectivity index (χ3v) is 2.63. The molecule has 18 heavy (non-hydrogen) atoms. The Kier molecular flexibility index (Phi) is 6.28. The minimum absolute atomic E-state index is 0.441. The van der Waals surface area contributed by atoms with Crippen LogP contribution in [-0.4, -0.2) is 42.1 Å². The summed E-state index contributed by atoms with van der Waals surface area (Å²) < 4.78 is 5.41. The quantitative estimate of drug-likeness (QED) is 0.486. The molecular weight excluding hydrogens is 252 g/mol. The minimum atomic E-state index is 0.441. The van der Waals surface area contributed by atoms with Crippen molar-refractivity contribution >= 4 is 17.6 Å². The zero-order valence-electron chi connectivity index (χ0n) is 10.8. The molecule has 0 atom stereocenters. The summed E-state index contributed by atoms with van der Waals surface area (Å²) in [5.41, 5.74) is 5.83. The predicted molar refractivity (Wildman–Crippen MR) is 74.2 cm³/mol. The molecular formula is C12H19ClN4O. The third-order valence-electron chi connectivity index (χ3n) is 2.40. The van der Waals surface area contributed by atoms with Crippen molar-refractivity contribution in [1.29, 1.82) is 0 Å². The molecule has 0 saturated carbocycles. The van der Waals surface area contributed by atoms with Gasteiger partial charge in [-0.25, -0.2) is 9.98 Å². The third kappa shape index (κ3) is 4.79. The molecule has 0 saturated heterocycles. The number of aliphatic imine (C=N–C) groups is 1. The molecule has 1 heterocycles. The lowest BCUT2D eigenvalue weighted by atomic mass is 10.5. The van der Waals surface area contributed by atoms with Gasteiger partial charge in [-0.3, -0.25) is 0 Å². The van der Waals surface area contributed by atoms with E-state index in [1.54, 1.807) is 18.3 Å². The van der Waals surface area contributed by atoms with Gasteiger partial charge in [-0.15, -0.1) is 0 Å². The van der Waals surface area contributed by atoms with Crippen molar-refractivity contribution in [1.82, 2.24) is 9.88 Å². The number of nitrogens with zero attached hydrogens (tertiary/aromatic N) is 3. The number of hydrogen-bond acceptors (Lipinski definition) is 3. The molecule has 0 aliphatic heterocycles. The van der Waals surface area contributed by atoms with Crippen LogP contribution in [0.3, 0.4) is 0 Å². The summed E-state index contributed by atoms with van der Waals surface area (Å²) in [7, 11) is 0. The molecule has 1 aromatic rings. The Labute approximate surface area is 113 Å². The summed E-state index contributed by atoms with van der Waals surface area (Å²) in [6.45, 7) is 6.74. The van der Waals surface area contributed by atoms with Crippen molar-refractivity contribution < 1.29 is 4.74 Å². The monoisotopic (exact) mass is 270 g/mol. The number of nitrogens with two attached hydrogens (primary N) is 1. The maximum atomic E-state index is 5.83. The van der Waals surface area contributed by atoms with Crippen molar-refractivity contribution in [3.8, 4) is 5.88 Å². The van der Waals surface area contributed by atoms with Crippen LogP contribution in [-0.2, 0) is 0 Å². The molecule has 0 aromatic carbocycles. The molecule has 100 valence electrons. The molecule has 1 aromatic heterocycles. The first-order chi connectivity index (χ1) is 8.67. The van der Waals surface area contributed by atoms with Crippen LogP contribution < -0.4 is 10.5 Å². The van der Waals surface area contributed by atoms with E-state index in [0.717, 1.165) is 13.1 Å². The van der Waals surface area contributed by atoms with Crippen LogP contribution in [0.1, 0.15) is 13.8 Å². The largest absolute Gasteiger partial charge is 0.476 e. The Morgan fingerprint density at radius 1 is 1.44 bits per heavy atom. The van der Waals surface area contributed by atoms with Crippen LogP contribution >= 0.6 is 11.6 Å². The van der Waals surface area contributed by atoms with Gasteiger partial charge in [0.05, 0.1) is 11.6 Å². The number of rotatable bonds is 6. The molecule has 1 rings (SSSR count). The topological polar surface area (TPSA) is 63.7 Å². The lowest BCUT2D eigenvalue weighted by Gasteiger charge is -2.19. The molecule has 0 bridgehead atoms. The molecule has 0 unspecified atom stereocenters. The zero-order valence-corrected chi connectivity index (χ0v) is 11.5. The second kappa shape index (κ2) is 7.76. The Morgan fingerprint density at radius 3 is 2.72 bits per heavy atom. The lowest BCUT2D eigenvalue weighted by Crippen LogP contribution is -2.37. The van der Waals surface area contributed by atoms with Gasteiger partial charge in [0.2, 0.25) is 5.88 Å². The van der Waals surface area contributed by atoms with E-state index in [1.807, 2.05) is 18.7 Å². The molecule has 0 radical (unpaired) electrons. The Bertz CT molecular complexity index is 376. The summed E-state index contributed by atoms with van der Waals surface area (Å²) in [6.07, 6.45) is 1.55. The maximum absolute atomic E-state index is 5.83. The van der Waals surface area contributed by atoms with Crippen LogP contribution in [0.25, 0.3) is 0 Å². The molecule has 0 spiro atoms. The summed E-state index contributed by atoms with van der Waals surface area (Å²) in [6, 6.07) is 3.46. The smallest absolute Gasteiger partial charge is 0.213 e. The van der Waals surface area contributed by atoms with Crippen LogP contribution in [0.4, 0.5) is 0 Å². The van der Waals surface area contributed by atoms with Gasteiger partial charge >= 0.3 is 0 Å². The Hall–Kier alpha value is -1.49. The highest BCUT2D eigenvalue weighted by Crippen LogP contribution is 2.10. The number of halogens is 1. The van der Waals surface area contributed by atoms with Crippen molar-refractivity contribution in [2.45, 2.75) is 13.8 Å². The average Bonchev–Trinajstić information content (AvgIpc) is 2.38. The first-order valence-electron chi connectivity index (χ1n) is 5.96. The first-order valence-corrected chi connectivity index (χ1v) is 6.34. The van der Waals surface area contributed by atoms with E-state index in [2.05, 4.69) is 9.98 Å². The molecule has 6 heteroatoms. The van der Waals surface area contributed by atoms with E-state index < -0.39 is 0 Å². The normalized spacial score (nSPS) is 11.4. The molecule has 5 nitrogen and oxygen atoms in total. The number of pyridine rings is 1. The Balaban J connectivity index is 2.33. The van der Waals surface area contributed by atoms with E-state index in [9.17, 15) is 0 Å². The second-order valence-corrected chi connectivity index (χ2v) is 4.01. The van der Waals surface area contributed by atoms with Crippen molar-refractivity contribution in [2.75, 3.05) is 26.2 Å². The van der Waals surface area contributed by atoms with Gasteiger partial charge < -0.3 is 15.4 Å². The highest BCUT2D eigenvalue weighted by molar-refractivity contribution is 6.30. The second-order valence-electron chi connectivity index (χ2n) is 3.58. The highest BCUT2D eigenvalue weighted by Gasteiger charge is 2.01. The summed E-state index contributed by atoms with van der Waals surface area (Å²) in [4.78, 5) is 10.2. The van der Waals surface area contributed by atoms with Gasteiger partial charge in [-0.05, 0) is 19.9 Å². The van der Waals surface area contributed by atoms with Gasteiger partial charge in [0, 0.05) is 25.4 Å². The van der Waals surface area contributed by atoms with Gasteiger partial charge in [-0.2, -0.15) is 0 Å². The van der Waals surface area contributed by atoms with Crippen LogP contribution in [0.5, 0.6) is 5.88 Å². The number of hydrogen-bond donors (Lipinski definition) is 1. The standard InChI is InChI=1S/C12H19ClN4O/c1-3-17(4-2)12(14)15-7-8-18-11-6-5-10(13)9-16-11/h5-6,9H,3-4,7-8H2,1-2H3,(H2,14,15). The van der Waals surface area contributed by atoms with Gasteiger partial charge in [0.25, 0.3) is 0 Å². The number of aromatic nitrogens is 1. The molecule has 0 fully saturated rings. The van der Waals surface area contributed by atoms with E-state index >= 15 is 0 Å². The van der Waals surface area contributed by atoms with Gasteiger partial charge in [0.1, 0.15) is 6.61 Å². The SMILES string of the molecule is CCN(CC)C(N)=NCCOc1ccc(Cl)cn1. The lowest BCUT2D eigenvalue weighted by molar-refractivity contribution is 0.315. The predicted octanol–water partition coefficient (Wildman–Crippen LogP) is 1.77. The van der Waals surface area contributed by atoms with Gasteiger partial charge in [0.15, 0.2) is 5.96 Å². The van der Waals surface area contributed by atoms with Crippen molar-refractivity contribution in [2.24, 2.45) is 10.7 Å². The average molecular weight is 271 g/mol. The zero-order chi connectivity index (χ0) is 13.4. The first kappa shape index (κ1) is 14.6. The number of ether oxygens (including phenoxy) is 1. The summed E-state index contributed by atoms with van der Waals surface area (Å²) in [5.74, 6) is 1.09. The molecule has 0 aliphatic rings. The number of guanidine groups is 1. The summed E-state index contributed by atoms with van der Waals surface area (Å²) in [5, 5.41) is 0.589. The van der Waals surface area contributed by atoms with E-state index in [-0.39, 0.29) is 0 Å². The minimum Gasteiger partial charge on any atom is -0.476 e. The maximum Gasteiger partial charge on any atom is 0.213 e.